The van der Waals surface area contributed by atoms with Gasteiger partial charge in [-0.25, -0.2) is 4.79 Å². The molecule has 1 aliphatic rings. The van der Waals surface area contributed by atoms with Gasteiger partial charge < -0.3 is 10.2 Å². The Morgan fingerprint density at radius 3 is 2.79 bits per heavy atom. The summed E-state index contributed by atoms with van der Waals surface area (Å²) in [6.07, 6.45) is 3.39. The number of likely N-dealkylation sites (tertiary alicyclic amines) is 1. The molecule has 0 bridgehead atoms. The quantitative estimate of drug-likeness (QED) is 0.881. The fraction of sp³-hybridized carbons (Fsp3) is 0.533. The summed E-state index contributed by atoms with van der Waals surface area (Å²) in [6, 6.07) is 8.07. The van der Waals surface area contributed by atoms with Crippen LogP contribution in [0.3, 0.4) is 0 Å². The standard InChI is InChI=1S/C15H21ClN2O/c1-2-17-15(19)18-10-4-3-5-13(11-18)12-6-8-14(16)9-7-12/h6-9,13H,2-5,10-11H2,1H3,(H,17,19). The van der Waals surface area contributed by atoms with E-state index in [9.17, 15) is 4.79 Å². The lowest BCUT2D eigenvalue weighted by Gasteiger charge is -2.25. The van der Waals surface area contributed by atoms with Gasteiger partial charge in [-0.15, -0.1) is 0 Å². The summed E-state index contributed by atoms with van der Waals surface area (Å²) in [7, 11) is 0. The van der Waals surface area contributed by atoms with Gasteiger partial charge in [0.1, 0.15) is 0 Å². The molecule has 0 aromatic heterocycles. The van der Waals surface area contributed by atoms with Crippen LogP contribution in [0.25, 0.3) is 0 Å². The molecular formula is C15H21ClN2O. The maximum absolute atomic E-state index is 12.0. The molecule has 1 aliphatic heterocycles. The van der Waals surface area contributed by atoms with E-state index in [0.717, 1.165) is 31.0 Å². The Labute approximate surface area is 119 Å². The minimum atomic E-state index is 0.0587. The fourth-order valence-corrected chi connectivity index (χ4v) is 2.72. The van der Waals surface area contributed by atoms with Gasteiger partial charge in [-0.2, -0.15) is 0 Å². The Kier molecular flexibility index (Phi) is 5.08. The van der Waals surface area contributed by atoms with Crippen molar-refractivity contribution in [1.82, 2.24) is 10.2 Å². The van der Waals surface area contributed by atoms with Crippen molar-refractivity contribution in [3.63, 3.8) is 0 Å². The summed E-state index contributed by atoms with van der Waals surface area (Å²) < 4.78 is 0. The van der Waals surface area contributed by atoms with Crippen LogP contribution in [0.1, 0.15) is 37.7 Å². The summed E-state index contributed by atoms with van der Waals surface area (Å²) >= 11 is 5.93. The van der Waals surface area contributed by atoms with Gasteiger partial charge in [0.05, 0.1) is 0 Å². The highest BCUT2D eigenvalue weighted by Crippen LogP contribution is 2.27. The molecule has 1 saturated heterocycles. The molecule has 2 rings (SSSR count). The molecule has 19 heavy (non-hydrogen) atoms. The first-order valence-electron chi connectivity index (χ1n) is 6.99. The zero-order valence-electron chi connectivity index (χ0n) is 11.4. The third-order valence-corrected chi connectivity index (χ3v) is 3.88. The molecule has 4 heteroatoms. The Bertz CT molecular complexity index is 419. The van der Waals surface area contributed by atoms with Crippen molar-refractivity contribution in [2.75, 3.05) is 19.6 Å². The second kappa shape index (κ2) is 6.80. The van der Waals surface area contributed by atoms with Crippen molar-refractivity contribution in [2.24, 2.45) is 0 Å². The molecule has 1 aromatic rings. The summed E-state index contributed by atoms with van der Waals surface area (Å²) in [6.45, 7) is 4.29. The molecule has 1 unspecified atom stereocenters. The highest BCUT2D eigenvalue weighted by molar-refractivity contribution is 6.30. The predicted octanol–water partition coefficient (Wildman–Crippen LogP) is 3.64. The predicted molar refractivity (Wildman–Crippen MR) is 78.7 cm³/mol. The highest BCUT2D eigenvalue weighted by atomic mass is 35.5. The van der Waals surface area contributed by atoms with E-state index in [0.29, 0.717) is 12.5 Å². The summed E-state index contributed by atoms with van der Waals surface area (Å²) in [5, 5.41) is 3.65. The summed E-state index contributed by atoms with van der Waals surface area (Å²) in [5.41, 5.74) is 1.28. The Morgan fingerprint density at radius 2 is 2.11 bits per heavy atom. The van der Waals surface area contributed by atoms with Crippen LogP contribution in [-0.4, -0.2) is 30.6 Å². The average Bonchev–Trinajstić information content (AvgIpc) is 2.66. The van der Waals surface area contributed by atoms with Gasteiger partial charge in [0.25, 0.3) is 0 Å². The molecular weight excluding hydrogens is 260 g/mol. The number of hydrogen-bond donors (Lipinski definition) is 1. The molecule has 1 aromatic carbocycles. The lowest BCUT2D eigenvalue weighted by molar-refractivity contribution is 0.198. The van der Waals surface area contributed by atoms with Crippen molar-refractivity contribution in [2.45, 2.75) is 32.1 Å². The average molecular weight is 281 g/mol. The first-order valence-corrected chi connectivity index (χ1v) is 7.36. The Balaban J connectivity index is 2.07. The van der Waals surface area contributed by atoms with Crippen LogP contribution < -0.4 is 5.32 Å². The van der Waals surface area contributed by atoms with E-state index >= 15 is 0 Å². The molecule has 1 N–H and O–H groups in total. The van der Waals surface area contributed by atoms with Crippen LogP contribution in [0.2, 0.25) is 5.02 Å². The maximum Gasteiger partial charge on any atom is 0.317 e. The fourth-order valence-electron chi connectivity index (χ4n) is 2.60. The second-order valence-corrected chi connectivity index (χ2v) is 5.46. The van der Waals surface area contributed by atoms with Crippen molar-refractivity contribution < 1.29 is 4.79 Å². The maximum atomic E-state index is 12.0. The molecule has 0 spiro atoms. The number of hydrogen-bond acceptors (Lipinski definition) is 1. The highest BCUT2D eigenvalue weighted by Gasteiger charge is 2.22. The first kappa shape index (κ1) is 14.2. The van der Waals surface area contributed by atoms with Gasteiger partial charge in [0.15, 0.2) is 0 Å². The SMILES string of the molecule is CCNC(=O)N1CCCCC(c2ccc(Cl)cc2)C1. The van der Waals surface area contributed by atoms with E-state index in [4.69, 9.17) is 11.6 Å². The minimum absolute atomic E-state index is 0.0587. The van der Waals surface area contributed by atoms with Crippen molar-refractivity contribution >= 4 is 17.6 Å². The molecule has 2 amide bonds. The van der Waals surface area contributed by atoms with Gasteiger partial charge in [0.2, 0.25) is 0 Å². The molecule has 0 saturated carbocycles. The number of carbonyl (C=O) groups is 1. The Hall–Kier alpha value is -1.22. The van der Waals surface area contributed by atoms with E-state index in [1.165, 1.54) is 12.0 Å². The number of halogens is 1. The minimum Gasteiger partial charge on any atom is -0.338 e. The second-order valence-electron chi connectivity index (χ2n) is 5.03. The first-order chi connectivity index (χ1) is 9.20. The number of amides is 2. The van der Waals surface area contributed by atoms with Crippen molar-refractivity contribution in [1.29, 1.82) is 0 Å². The van der Waals surface area contributed by atoms with E-state index in [1.807, 2.05) is 24.0 Å². The van der Waals surface area contributed by atoms with Gasteiger partial charge in [-0.3, -0.25) is 0 Å². The third-order valence-electron chi connectivity index (χ3n) is 3.63. The molecule has 1 fully saturated rings. The van der Waals surface area contributed by atoms with Gasteiger partial charge >= 0.3 is 6.03 Å². The topological polar surface area (TPSA) is 32.3 Å². The van der Waals surface area contributed by atoms with Gasteiger partial charge in [-0.1, -0.05) is 30.2 Å². The van der Waals surface area contributed by atoms with Crippen LogP contribution in [-0.2, 0) is 0 Å². The smallest absolute Gasteiger partial charge is 0.317 e. The van der Waals surface area contributed by atoms with Crippen molar-refractivity contribution in [3.8, 4) is 0 Å². The number of carbonyl (C=O) groups excluding carboxylic acids is 1. The van der Waals surface area contributed by atoms with Crippen LogP contribution in [0.15, 0.2) is 24.3 Å². The molecule has 1 atom stereocenters. The third kappa shape index (κ3) is 3.87. The lowest BCUT2D eigenvalue weighted by Crippen LogP contribution is -2.41. The number of nitrogens with one attached hydrogen (secondary N) is 1. The summed E-state index contributed by atoms with van der Waals surface area (Å²) in [5.74, 6) is 0.419. The Morgan fingerprint density at radius 1 is 1.37 bits per heavy atom. The summed E-state index contributed by atoms with van der Waals surface area (Å²) in [4.78, 5) is 13.9. The van der Waals surface area contributed by atoms with Gasteiger partial charge in [-0.05, 0) is 37.5 Å². The van der Waals surface area contributed by atoms with Crippen molar-refractivity contribution in [3.05, 3.63) is 34.9 Å². The van der Waals surface area contributed by atoms with Crippen LogP contribution in [0.4, 0.5) is 4.79 Å². The molecule has 0 radical (unpaired) electrons. The van der Waals surface area contributed by atoms with Crippen LogP contribution >= 0.6 is 11.6 Å². The molecule has 104 valence electrons. The van der Waals surface area contributed by atoms with E-state index in [-0.39, 0.29) is 6.03 Å². The van der Waals surface area contributed by atoms with Crippen LogP contribution in [0, 0.1) is 0 Å². The number of urea groups is 1. The normalized spacial score (nSPS) is 19.9. The van der Waals surface area contributed by atoms with Gasteiger partial charge in [0, 0.05) is 30.6 Å². The zero-order valence-corrected chi connectivity index (χ0v) is 12.1. The van der Waals surface area contributed by atoms with Crippen LogP contribution in [0.5, 0.6) is 0 Å². The number of nitrogens with zero attached hydrogens (tertiary/aromatic N) is 1. The van der Waals surface area contributed by atoms with E-state index < -0.39 is 0 Å². The molecule has 0 aliphatic carbocycles. The largest absolute Gasteiger partial charge is 0.338 e. The monoisotopic (exact) mass is 280 g/mol. The zero-order chi connectivity index (χ0) is 13.7. The number of rotatable bonds is 2. The molecule has 1 heterocycles. The van der Waals surface area contributed by atoms with E-state index in [1.54, 1.807) is 0 Å². The molecule has 3 nitrogen and oxygen atoms in total. The lowest BCUT2D eigenvalue weighted by atomic mass is 9.94. The number of benzene rings is 1. The van der Waals surface area contributed by atoms with E-state index in [2.05, 4.69) is 17.4 Å².